The van der Waals surface area contributed by atoms with Gasteiger partial charge in [-0.2, -0.15) is 0 Å². The lowest BCUT2D eigenvalue weighted by Crippen LogP contribution is -2.42. The fourth-order valence-corrected chi connectivity index (χ4v) is 5.60. The first-order chi connectivity index (χ1) is 14.1. The number of anilines is 1. The highest BCUT2D eigenvalue weighted by atomic mass is 35.5. The first-order valence-corrected chi connectivity index (χ1v) is 12.3. The van der Waals surface area contributed by atoms with Gasteiger partial charge in [0, 0.05) is 25.2 Å². The Morgan fingerprint density at radius 2 is 2.00 bits per heavy atom. The van der Waals surface area contributed by atoms with E-state index in [4.69, 9.17) is 11.6 Å². The Morgan fingerprint density at radius 3 is 2.60 bits per heavy atom. The molecule has 1 saturated heterocycles. The Balaban J connectivity index is 1.65. The molecule has 2 atom stereocenters. The van der Waals surface area contributed by atoms with Crippen molar-refractivity contribution in [3.63, 3.8) is 0 Å². The Morgan fingerprint density at radius 1 is 1.30 bits per heavy atom. The minimum Gasteiger partial charge on any atom is -0.388 e. The van der Waals surface area contributed by atoms with Crippen molar-refractivity contribution in [1.29, 1.82) is 0 Å². The average molecular weight is 456 g/mol. The standard InChI is InChI=1S/C19H26ClN5O4S/c1-19(27)7-3-4-15(19)25-14-10-16(21-11-13(14)23-17(20)18(25)26)22-12-5-8-24(9-6-12)30(2,28)29/h10-12,15,27H,3-9H2,1-2H3,(H,21,22)/t15-,19-/m1/s1. The third-order valence-electron chi connectivity index (χ3n) is 6.20. The van der Waals surface area contributed by atoms with Gasteiger partial charge >= 0.3 is 0 Å². The molecule has 0 spiro atoms. The molecule has 2 fully saturated rings. The van der Waals surface area contributed by atoms with E-state index in [1.165, 1.54) is 10.6 Å². The second kappa shape index (κ2) is 7.74. The third kappa shape index (κ3) is 4.05. The van der Waals surface area contributed by atoms with Crippen molar-refractivity contribution in [2.75, 3.05) is 24.7 Å². The van der Waals surface area contributed by atoms with Crippen molar-refractivity contribution in [1.82, 2.24) is 18.8 Å². The predicted molar refractivity (Wildman–Crippen MR) is 115 cm³/mol. The maximum Gasteiger partial charge on any atom is 0.289 e. The number of aromatic nitrogens is 3. The number of nitrogens with one attached hydrogen (secondary N) is 1. The van der Waals surface area contributed by atoms with Crippen LogP contribution in [0.25, 0.3) is 11.0 Å². The zero-order valence-electron chi connectivity index (χ0n) is 17.0. The van der Waals surface area contributed by atoms with E-state index in [2.05, 4.69) is 15.3 Å². The van der Waals surface area contributed by atoms with Crippen molar-refractivity contribution in [3.8, 4) is 0 Å². The maximum absolute atomic E-state index is 12.8. The highest BCUT2D eigenvalue weighted by molar-refractivity contribution is 7.88. The van der Waals surface area contributed by atoms with E-state index in [-0.39, 0.29) is 17.2 Å². The molecule has 1 aliphatic carbocycles. The number of piperidine rings is 1. The van der Waals surface area contributed by atoms with Crippen molar-refractivity contribution in [2.45, 2.75) is 56.7 Å². The van der Waals surface area contributed by atoms with Crippen LogP contribution in [0.2, 0.25) is 5.15 Å². The van der Waals surface area contributed by atoms with Crippen LogP contribution in [0.3, 0.4) is 0 Å². The molecule has 0 radical (unpaired) electrons. The zero-order valence-corrected chi connectivity index (χ0v) is 18.6. The van der Waals surface area contributed by atoms with Crippen molar-refractivity contribution in [2.24, 2.45) is 0 Å². The first kappa shape index (κ1) is 21.5. The summed E-state index contributed by atoms with van der Waals surface area (Å²) >= 11 is 6.09. The first-order valence-electron chi connectivity index (χ1n) is 10.1. The molecular weight excluding hydrogens is 430 g/mol. The molecule has 0 unspecified atom stereocenters. The van der Waals surface area contributed by atoms with Gasteiger partial charge in [0.15, 0.2) is 5.15 Å². The molecule has 1 aliphatic heterocycles. The van der Waals surface area contributed by atoms with Crippen molar-refractivity contribution < 1.29 is 13.5 Å². The molecule has 2 N–H and O–H groups in total. The molecule has 30 heavy (non-hydrogen) atoms. The highest BCUT2D eigenvalue weighted by Crippen LogP contribution is 2.39. The van der Waals surface area contributed by atoms with Crippen LogP contribution in [0.15, 0.2) is 17.1 Å². The molecule has 0 bridgehead atoms. The molecule has 2 aliphatic rings. The minimum absolute atomic E-state index is 0.0722. The average Bonchev–Trinajstić information content (AvgIpc) is 3.02. The molecule has 1 saturated carbocycles. The van der Waals surface area contributed by atoms with Crippen LogP contribution in [0.5, 0.6) is 0 Å². The Labute approximate surface area is 180 Å². The summed E-state index contributed by atoms with van der Waals surface area (Å²) in [5.41, 5.74) is -0.367. The smallest absolute Gasteiger partial charge is 0.289 e. The van der Waals surface area contributed by atoms with Crippen molar-refractivity contribution >= 4 is 38.5 Å². The topological polar surface area (TPSA) is 117 Å². The number of hydrogen-bond donors (Lipinski definition) is 2. The molecule has 4 rings (SSSR count). The fourth-order valence-electron chi connectivity index (χ4n) is 4.55. The van der Waals surface area contributed by atoms with Gasteiger partial charge in [0.25, 0.3) is 5.56 Å². The van der Waals surface area contributed by atoms with Crippen molar-refractivity contribution in [3.05, 3.63) is 27.8 Å². The van der Waals surface area contributed by atoms with Crippen LogP contribution in [0, 0.1) is 0 Å². The lowest BCUT2D eigenvalue weighted by Gasteiger charge is -2.31. The summed E-state index contributed by atoms with van der Waals surface area (Å²) in [4.78, 5) is 21.4. The number of hydrogen-bond acceptors (Lipinski definition) is 7. The fraction of sp³-hybridized carbons (Fsp3) is 0.632. The maximum atomic E-state index is 12.8. The molecule has 9 nitrogen and oxygen atoms in total. The number of halogens is 1. The summed E-state index contributed by atoms with van der Waals surface area (Å²) in [6.07, 6.45) is 6.22. The van der Waals surface area contributed by atoms with Gasteiger partial charge in [-0.05, 0) is 39.0 Å². The Hall–Kier alpha value is -1.75. The molecule has 164 valence electrons. The third-order valence-corrected chi connectivity index (χ3v) is 7.75. The molecule has 0 aromatic carbocycles. The monoisotopic (exact) mass is 455 g/mol. The van der Waals surface area contributed by atoms with Gasteiger partial charge in [-0.25, -0.2) is 22.7 Å². The lowest BCUT2D eigenvalue weighted by atomic mass is 10.00. The summed E-state index contributed by atoms with van der Waals surface area (Å²) in [6, 6.07) is 1.45. The van der Waals surface area contributed by atoms with Crippen LogP contribution < -0.4 is 10.9 Å². The molecule has 2 aromatic heterocycles. The van der Waals surface area contributed by atoms with Gasteiger partial charge in [-0.15, -0.1) is 0 Å². The highest BCUT2D eigenvalue weighted by Gasteiger charge is 2.39. The van der Waals surface area contributed by atoms with Gasteiger partial charge in [0.2, 0.25) is 10.0 Å². The molecule has 11 heteroatoms. The summed E-state index contributed by atoms with van der Waals surface area (Å²) in [7, 11) is -3.18. The molecule has 3 heterocycles. The number of pyridine rings is 1. The number of fused-ring (bicyclic) bond motifs is 1. The van der Waals surface area contributed by atoms with E-state index >= 15 is 0 Å². The van der Waals surface area contributed by atoms with E-state index in [9.17, 15) is 18.3 Å². The SMILES string of the molecule is C[C@@]1(O)CCC[C@H]1n1c(=O)c(Cl)nc2cnc(NC3CCN(S(C)(=O)=O)CC3)cc21. The number of aliphatic hydroxyl groups is 1. The molecular formula is C19H26ClN5O4S. The van der Waals surface area contributed by atoms with Gasteiger partial charge in [-0.3, -0.25) is 9.36 Å². The van der Waals surface area contributed by atoms with Crippen LogP contribution in [-0.4, -0.2) is 63.4 Å². The summed E-state index contributed by atoms with van der Waals surface area (Å²) in [5, 5.41) is 14.0. The van der Waals surface area contributed by atoms with E-state index in [0.717, 1.165) is 6.42 Å². The normalized spacial score (nSPS) is 26.3. The van der Waals surface area contributed by atoms with Gasteiger partial charge in [0.1, 0.15) is 11.3 Å². The lowest BCUT2D eigenvalue weighted by molar-refractivity contribution is 0.0268. The van der Waals surface area contributed by atoms with Crippen LogP contribution >= 0.6 is 11.6 Å². The quantitative estimate of drug-likeness (QED) is 0.721. The van der Waals surface area contributed by atoms with Gasteiger partial charge in [0.05, 0.1) is 29.6 Å². The predicted octanol–water partition coefficient (Wildman–Crippen LogP) is 1.76. The zero-order chi connectivity index (χ0) is 21.7. The second-order valence-electron chi connectivity index (χ2n) is 8.48. The summed E-state index contributed by atoms with van der Waals surface area (Å²) in [5.74, 6) is 0.579. The van der Waals surface area contributed by atoms with E-state index in [1.807, 2.05) is 0 Å². The summed E-state index contributed by atoms with van der Waals surface area (Å²) < 4.78 is 26.4. The largest absolute Gasteiger partial charge is 0.388 e. The second-order valence-corrected chi connectivity index (χ2v) is 10.8. The van der Waals surface area contributed by atoms with E-state index in [1.54, 1.807) is 23.8 Å². The van der Waals surface area contributed by atoms with Gasteiger partial charge < -0.3 is 10.4 Å². The minimum atomic E-state index is -3.18. The number of sulfonamides is 1. The Bertz CT molecular complexity index is 1130. The van der Waals surface area contributed by atoms with Crippen LogP contribution in [0.4, 0.5) is 5.82 Å². The van der Waals surface area contributed by atoms with E-state index < -0.39 is 21.2 Å². The Kier molecular flexibility index (Phi) is 5.54. The molecule has 2 aromatic rings. The molecule has 0 amide bonds. The number of rotatable bonds is 4. The van der Waals surface area contributed by atoms with Crippen LogP contribution in [-0.2, 0) is 10.0 Å². The van der Waals surface area contributed by atoms with Crippen LogP contribution in [0.1, 0.15) is 45.1 Å². The number of nitrogens with zero attached hydrogens (tertiary/aromatic N) is 4. The summed E-state index contributed by atoms with van der Waals surface area (Å²) in [6.45, 7) is 2.65. The van der Waals surface area contributed by atoms with E-state index in [0.29, 0.717) is 55.6 Å². The van der Waals surface area contributed by atoms with Gasteiger partial charge in [-0.1, -0.05) is 11.6 Å².